The predicted molar refractivity (Wildman–Crippen MR) is 62.8 cm³/mol. The number of hydrogen-bond donors (Lipinski definition) is 1. The van der Waals surface area contributed by atoms with Crippen LogP contribution in [0.2, 0.25) is 0 Å². The number of hydrogen-bond acceptors (Lipinski definition) is 1. The van der Waals surface area contributed by atoms with Crippen molar-refractivity contribution in [1.82, 2.24) is 0 Å². The van der Waals surface area contributed by atoms with E-state index in [1.807, 2.05) is 0 Å². The van der Waals surface area contributed by atoms with Gasteiger partial charge in [-0.05, 0) is 36.2 Å². The van der Waals surface area contributed by atoms with Gasteiger partial charge >= 0.3 is 0 Å². The normalized spacial score (nSPS) is 31.5. The van der Waals surface area contributed by atoms with E-state index in [0.29, 0.717) is 18.4 Å². The van der Waals surface area contributed by atoms with Gasteiger partial charge in [0.2, 0.25) is 0 Å². The molecule has 3 unspecified atom stereocenters. The molecule has 1 saturated carbocycles. The van der Waals surface area contributed by atoms with Crippen LogP contribution in [0.25, 0.3) is 0 Å². The van der Waals surface area contributed by atoms with E-state index in [4.69, 9.17) is 0 Å². The summed E-state index contributed by atoms with van der Waals surface area (Å²) in [6, 6.07) is 10.7. The molecule has 0 aromatic heterocycles. The van der Waals surface area contributed by atoms with Gasteiger partial charge in [0.05, 0.1) is 0 Å². The lowest BCUT2D eigenvalue weighted by atomic mass is 9.72. The van der Waals surface area contributed by atoms with Gasteiger partial charge < -0.3 is 5.11 Å². The molecule has 0 amide bonds. The standard InChI is InChI=1S/C14H20O/c1-11-7-8-13(10-15)14(9-11)12-5-3-2-4-6-12/h2-6,11,13-15H,7-10H2,1H3. The van der Waals surface area contributed by atoms with Crippen molar-refractivity contribution in [2.45, 2.75) is 32.1 Å². The minimum absolute atomic E-state index is 0.340. The Kier molecular flexibility index (Phi) is 3.42. The molecule has 1 aliphatic rings. The maximum atomic E-state index is 9.41. The third kappa shape index (κ3) is 2.40. The number of benzene rings is 1. The summed E-state index contributed by atoms with van der Waals surface area (Å²) >= 11 is 0. The van der Waals surface area contributed by atoms with Crippen molar-refractivity contribution in [2.24, 2.45) is 11.8 Å². The van der Waals surface area contributed by atoms with E-state index in [0.717, 1.165) is 5.92 Å². The minimum Gasteiger partial charge on any atom is -0.396 e. The van der Waals surface area contributed by atoms with E-state index < -0.39 is 0 Å². The van der Waals surface area contributed by atoms with Crippen LogP contribution in [-0.4, -0.2) is 11.7 Å². The van der Waals surface area contributed by atoms with Gasteiger partial charge in [0.25, 0.3) is 0 Å². The van der Waals surface area contributed by atoms with E-state index in [1.165, 1.54) is 24.8 Å². The van der Waals surface area contributed by atoms with Crippen LogP contribution in [0, 0.1) is 11.8 Å². The minimum atomic E-state index is 0.340. The fourth-order valence-electron chi connectivity index (χ4n) is 2.77. The lowest BCUT2D eigenvalue weighted by Gasteiger charge is -2.34. The van der Waals surface area contributed by atoms with E-state index in [9.17, 15) is 5.11 Å². The Bertz CT molecular complexity index is 293. The highest BCUT2D eigenvalue weighted by Gasteiger charge is 2.28. The van der Waals surface area contributed by atoms with Crippen LogP contribution in [-0.2, 0) is 0 Å². The summed E-state index contributed by atoms with van der Waals surface area (Å²) in [6.45, 7) is 2.66. The largest absolute Gasteiger partial charge is 0.396 e. The molecule has 1 aromatic carbocycles. The maximum absolute atomic E-state index is 9.41. The number of aliphatic hydroxyl groups excluding tert-OH is 1. The lowest BCUT2D eigenvalue weighted by Crippen LogP contribution is -2.24. The summed E-state index contributed by atoms with van der Waals surface area (Å²) in [4.78, 5) is 0. The van der Waals surface area contributed by atoms with Gasteiger partial charge in [0.15, 0.2) is 0 Å². The summed E-state index contributed by atoms with van der Waals surface area (Å²) in [5.41, 5.74) is 1.41. The quantitative estimate of drug-likeness (QED) is 0.784. The second-order valence-corrected chi connectivity index (χ2v) is 4.88. The number of rotatable bonds is 2. The van der Waals surface area contributed by atoms with Crippen molar-refractivity contribution < 1.29 is 5.11 Å². The van der Waals surface area contributed by atoms with Gasteiger partial charge in [0.1, 0.15) is 0 Å². The zero-order valence-electron chi connectivity index (χ0n) is 9.39. The zero-order chi connectivity index (χ0) is 10.7. The first kappa shape index (κ1) is 10.7. The molecular formula is C14H20O. The summed E-state index contributed by atoms with van der Waals surface area (Å²) in [6.07, 6.45) is 3.68. The molecule has 1 N–H and O–H groups in total. The zero-order valence-corrected chi connectivity index (χ0v) is 9.39. The number of aliphatic hydroxyl groups is 1. The molecule has 1 aromatic rings. The van der Waals surface area contributed by atoms with Crippen molar-refractivity contribution in [3.8, 4) is 0 Å². The Labute approximate surface area is 92.1 Å². The average Bonchev–Trinajstić information content (AvgIpc) is 2.30. The molecule has 2 rings (SSSR count). The third-order valence-corrected chi connectivity index (χ3v) is 3.72. The smallest absolute Gasteiger partial charge is 0.0465 e. The van der Waals surface area contributed by atoms with Gasteiger partial charge in [-0.3, -0.25) is 0 Å². The van der Waals surface area contributed by atoms with Crippen LogP contribution in [0.4, 0.5) is 0 Å². The van der Waals surface area contributed by atoms with Crippen molar-refractivity contribution in [1.29, 1.82) is 0 Å². The third-order valence-electron chi connectivity index (χ3n) is 3.72. The highest BCUT2D eigenvalue weighted by molar-refractivity contribution is 5.21. The topological polar surface area (TPSA) is 20.2 Å². The van der Waals surface area contributed by atoms with E-state index in [2.05, 4.69) is 37.3 Å². The maximum Gasteiger partial charge on any atom is 0.0465 e. The molecule has 0 aliphatic heterocycles. The highest BCUT2D eigenvalue weighted by atomic mass is 16.3. The Morgan fingerprint density at radius 3 is 2.60 bits per heavy atom. The lowest BCUT2D eigenvalue weighted by molar-refractivity contribution is 0.149. The molecule has 0 heterocycles. The Balaban J connectivity index is 2.17. The van der Waals surface area contributed by atoms with Crippen LogP contribution < -0.4 is 0 Å². The summed E-state index contributed by atoms with van der Waals surface area (Å²) in [5, 5.41) is 9.41. The first-order chi connectivity index (χ1) is 7.31. The first-order valence-electron chi connectivity index (χ1n) is 5.97. The van der Waals surface area contributed by atoms with Gasteiger partial charge in [0, 0.05) is 6.61 Å². The Morgan fingerprint density at radius 1 is 1.20 bits per heavy atom. The monoisotopic (exact) mass is 204 g/mol. The molecule has 3 atom stereocenters. The molecule has 0 radical (unpaired) electrons. The van der Waals surface area contributed by atoms with Crippen LogP contribution in [0.1, 0.15) is 37.7 Å². The molecule has 0 spiro atoms. The average molecular weight is 204 g/mol. The van der Waals surface area contributed by atoms with E-state index in [-0.39, 0.29) is 0 Å². The van der Waals surface area contributed by atoms with Crippen molar-refractivity contribution >= 4 is 0 Å². The van der Waals surface area contributed by atoms with Crippen molar-refractivity contribution in [3.63, 3.8) is 0 Å². The Morgan fingerprint density at radius 2 is 1.93 bits per heavy atom. The fraction of sp³-hybridized carbons (Fsp3) is 0.571. The molecule has 15 heavy (non-hydrogen) atoms. The summed E-state index contributed by atoms with van der Waals surface area (Å²) < 4.78 is 0. The van der Waals surface area contributed by atoms with Crippen molar-refractivity contribution in [3.05, 3.63) is 35.9 Å². The van der Waals surface area contributed by atoms with Gasteiger partial charge in [-0.1, -0.05) is 43.7 Å². The van der Waals surface area contributed by atoms with Crippen LogP contribution >= 0.6 is 0 Å². The van der Waals surface area contributed by atoms with E-state index in [1.54, 1.807) is 0 Å². The van der Waals surface area contributed by atoms with Crippen LogP contribution in [0.5, 0.6) is 0 Å². The molecule has 0 bridgehead atoms. The second-order valence-electron chi connectivity index (χ2n) is 4.88. The molecule has 1 nitrogen and oxygen atoms in total. The van der Waals surface area contributed by atoms with E-state index >= 15 is 0 Å². The molecule has 1 aliphatic carbocycles. The van der Waals surface area contributed by atoms with Gasteiger partial charge in [-0.2, -0.15) is 0 Å². The molecule has 0 saturated heterocycles. The molecular weight excluding hydrogens is 184 g/mol. The van der Waals surface area contributed by atoms with Crippen LogP contribution in [0.3, 0.4) is 0 Å². The molecule has 1 heteroatoms. The van der Waals surface area contributed by atoms with Gasteiger partial charge in [-0.15, -0.1) is 0 Å². The van der Waals surface area contributed by atoms with Crippen molar-refractivity contribution in [2.75, 3.05) is 6.61 Å². The highest BCUT2D eigenvalue weighted by Crippen LogP contribution is 2.39. The fourth-order valence-corrected chi connectivity index (χ4v) is 2.77. The predicted octanol–water partition coefficient (Wildman–Crippen LogP) is 3.20. The second kappa shape index (κ2) is 4.80. The molecule has 1 fully saturated rings. The summed E-state index contributed by atoms with van der Waals surface area (Å²) in [5.74, 6) is 1.85. The van der Waals surface area contributed by atoms with Crippen LogP contribution in [0.15, 0.2) is 30.3 Å². The van der Waals surface area contributed by atoms with Gasteiger partial charge in [-0.25, -0.2) is 0 Å². The SMILES string of the molecule is CC1CCC(CO)C(c2ccccc2)C1. The molecule has 82 valence electrons. The first-order valence-corrected chi connectivity index (χ1v) is 5.97. The summed E-state index contributed by atoms with van der Waals surface area (Å²) in [7, 11) is 0. The Hall–Kier alpha value is -0.820.